The molecule has 0 amide bonds. The van der Waals surface area contributed by atoms with E-state index in [1.165, 1.54) is 6.42 Å². The van der Waals surface area contributed by atoms with Crippen molar-refractivity contribution in [2.24, 2.45) is 5.92 Å². The van der Waals surface area contributed by atoms with Crippen LogP contribution in [0.25, 0.3) is 0 Å². The molecule has 1 fully saturated rings. The highest BCUT2D eigenvalue weighted by Gasteiger charge is 2.16. The van der Waals surface area contributed by atoms with E-state index in [1.807, 2.05) is 0 Å². The van der Waals surface area contributed by atoms with Crippen LogP contribution in [0.15, 0.2) is 0 Å². The number of hydrogen-bond acceptors (Lipinski definition) is 1. The molecule has 0 saturated carbocycles. The molecular formula is C6H11ClO. The van der Waals surface area contributed by atoms with Crippen molar-refractivity contribution in [1.29, 1.82) is 0 Å². The van der Waals surface area contributed by atoms with Crippen LogP contribution in [-0.2, 0) is 4.74 Å². The lowest BCUT2D eigenvalue weighted by Gasteiger charge is -2.25. The molecule has 1 saturated heterocycles. The molecule has 1 aliphatic heterocycles. The number of hydrogen-bond donors (Lipinski definition) is 0. The molecule has 0 aliphatic carbocycles. The standard InChI is InChI=1S/C6H11ClO/c7-3-1-2-6-4-8-5-6/h6H,1-5H2. The summed E-state index contributed by atoms with van der Waals surface area (Å²) < 4.78 is 4.99. The average Bonchev–Trinajstić information content (AvgIpc) is 1.63. The highest BCUT2D eigenvalue weighted by Crippen LogP contribution is 2.15. The maximum Gasteiger partial charge on any atom is 0.0516 e. The number of rotatable bonds is 3. The number of alkyl halides is 1. The van der Waals surface area contributed by atoms with E-state index in [-0.39, 0.29) is 0 Å². The van der Waals surface area contributed by atoms with E-state index < -0.39 is 0 Å². The molecule has 1 heterocycles. The summed E-state index contributed by atoms with van der Waals surface area (Å²) in [5.41, 5.74) is 0. The fourth-order valence-corrected chi connectivity index (χ4v) is 0.971. The van der Waals surface area contributed by atoms with Crippen molar-refractivity contribution in [3.8, 4) is 0 Å². The van der Waals surface area contributed by atoms with Gasteiger partial charge in [-0.3, -0.25) is 0 Å². The fourth-order valence-electron chi connectivity index (χ4n) is 0.817. The van der Waals surface area contributed by atoms with Crippen molar-refractivity contribution >= 4 is 11.6 Å². The van der Waals surface area contributed by atoms with Crippen LogP contribution in [0.5, 0.6) is 0 Å². The molecule has 0 N–H and O–H groups in total. The molecular weight excluding hydrogens is 124 g/mol. The number of ether oxygens (including phenoxy) is 1. The van der Waals surface area contributed by atoms with Gasteiger partial charge in [0, 0.05) is 11.8 Å². The minimum absolute atomic E-state index is 0.802. The fraction of sp³-hybridized carbons (Fsp3) is 1.00. The maximum absolute atomic E-state index is 5.49. The predicted octanol–water partition coefficient (Wildman–Crippen LogP) is 1.65. The third-order valence-corrected chi connectivity index (χ3v) is 1.72. The Morgan fingerprint density at radius 3 is 2.62 bits per heavy atom. The topological polar surface area (TPSA) is 9.23 Å². The van der Waals surface area contributed by atoms with Gasteiger partial charge in [0.15, 0.2) is 0 Å². The Morgan fingerprint density at radius 2 is 2.25 bits per heavy atom. The van der Waals surface area contributed by atoms with Gasteiger partial charge < -0.3 is 4.74 Å². The highest BCUT2D eigenvalue weighted by atomic mass is 35.5. The quantitative estimate of drug-likeness (QED) is 0.534. The minimum Gasteiger partial charge on any atom is -0.381 e. The molecule has 1 nitrogen and oxygen atoms in total. The van der Waals surface area contributed by atoms with E-state index in [2.05, 4.69) is 0 Å². The average molecular weight is 135 g/mol. The monoisotopic (exact) mass is 134 g/mol. The second kappa shape index (κ2) is 3.31. The Labute approximate surface area is 55.0 Å². The summed E-state index contributed by atoms with van der Waals surface area (Å²) in [4.78, 5) is 0. The summed E-state index contributed by atoms with van der Waals surface area (Å²) in [5, 5.41) is 0. The summed E-state index contributed by atoms with van der Waals surface area (Å²) in [6.07, 6.45) is 2.40. The van der Waals surface area contributed by atoms with Gasteiger partial charge in [0.1, 0.15) is 0 Å². The van der Waals surface area contributed by atoms with E-state index >= 15 is 0 Å². The molecule has 48 valence electrons. The summed E-state index contributed by atoms with van der Waals surface area (Å²) in [6, 6.07) is 0. The van der Waals surface area contributed by atoms with Crippen molar-refractivity contribution in [3.63, 3.8) is 0 Å². The SMILES string of the molecule is ClCCCC1COC1. The third kappa shape index (κ3) is 1.64. The van der Waals surface area contributed by atoms with Gasteiger partial charge in [-0.2, -0.15) is 0 Å². The maximum atomic E-state index is 5.49. The summed E-state index contributed by atoms with van der Waals surface area (Å²) in [5.74, 6) is 1.63. The molecule has 0 aromatic carbocycles. The Morgan fingerprint density at radius 1 is 1.50 bits per heavy atom. The van der Waals surface area contributed by atoms with Crippen LogP contribution in [0.4, 0.5) is 0 Å². The van der Waals surface area contributed by atoms with Crippen molar-refractivity contribution in [1.82, 2.24) is 0 Å². The van der Waals surface area contributed by atoms with Crippen LogP contribution >= 0.6 is 11.6 Å². The molecule has 0 unspecified atom stereocenters. The van der Waals surface area contributed by atoms with E-state index in [4.69, 9.17) is 16.3 Å². The van der Waals surface area contributed by atoms with E-state index in [0.717, 1.165) is 31.4 Å². The molecule has 0 spiro atoms. The summed E-state index contributed by atoms with van der Waals surface area (Å²) in [6.45, 7) is 1.94. The van der Waals surface area contributed by atoms with Gasteiger partial charge in [-0.15, -0.1) is 11.6 Å². The van der Waals surface area contributed by atoms with Crippen LogP contribution in [-0.4, -0.2) is 19.1 Å². The first kappa shape index (κ1) is 6.37. The highest BCUT2D eigenvalue weighted by molar-refractivity contribution is 6.17. The lowest BCUT2D eigenvalue weighted by molar-refractivity contribution is -0.0355. The predicted molar refractivity (Wildman–Crippen MR) is 34.3 cm³/mol. The van der Waals surface area contributed by atoms with E-state index in [1.54, 1.807) is 0 Å². The first-order valence-electron chi connectivity index (χ1n) is 3.07. The van der Waals surface area contributed by atoms with Gasteiger partial charge in [-0.25, -0.2) is 0 Å². The molecule has 0 bridgehead atoms. The summed E-state index contributed by atoms with van der Waals surface area (Å²) >= 11 is 5.49. The van der Waals surface area contributed by atoms with Crippen molar-refractivity contribution in [2.45, 2.75) is 12.8 Å². The normalized spacial score (nSPS) is 20.6. The summed E-state index contributed by atoms with van der Waals surface area (Å²) in [7, 11) is 0. The van der Waals surface area contributed by atoms with Gasteiger partial charge in [0.05, 0.1) is 13.2 Å². The Balaban J connectivity index is 1.86. The van der Waals surface area contributed by atoms with E-state index in [9.17, 15) is 0 Å². The zero-order chi connectivity index (χ0) is 5.82. The van der Waals surface area contributed by atoms with Crippen molar-refractivity contribution < 1.29 is 4.74 Å². The molecule has 2 heteroatoms. The lowest BCUT2D eigenvalue weighted by atomic mass is 10.0. The zero-order valence-corrected chi connectivity index (χ0v) is 5.66. The molecule has 0 atom stereocenters. The molecule has 0 aromatic heterocycles. The molecule has 1 rings (SSSR count). The van der Waals surface area contributed by atoms with Crippen LogP contribution in [0, 0.1) is 5.92 Å². The van der Waals surface area contributed by atoms with Crippen LogP contribution in [0.2, 0.25) is 0 Å². The third-order valence-electron chi connectivity index (χ3n) is 1.45. The molecule has 0 radical (unpaired) electrons. The minimum atomic E-state index is 0.802. The van der Waals surface area contributed by atoms with Gasteiger partial charge >= 0.3 is 0 Å². The van der Waals surface area contributed by atoms with Crippen molar-refractivity contribution in [2.75, 3.05) is 19.1 Å². The Hall–Kier alpha value is 0.250. The zero-order valence-electron chi connectivity index (χ0n) is 4.90. The molecule has 0 aromatic rings. The lowest BCUT2D eigenvalue weighted by Crippen LogP contribution is -2.27. The van der Waals surface area contributed by atoms with Crippen LogP contribution in [0.1, 0.15) is 12.8 Å². The van der Waals surface area contributed by atoms with Gasteiger partial charge in [0.25, 0.3) is 0 Å². The smallest absolute Gasteiger partial charge is 0.0516 e. The second-order valence-corrected chi connectivity index (χ2v) is 2.61. The Bertz CT molecular complexity index is 61.5. The van der Waals surface area contributed by atoms with Crippen LogP contribution in [0.3, 0.4) is 0 Å². The van der Waals surface area contributed by atoms with Gasteiger partial charge in [0.2, 0.25) is 0 Å². The number of halogens is 1. The first-order chi connectivity index (χ1) is 3.93. The van der Waals surface area contributed by atoms with Gasteiger partial charge in [-0.05, 0) is 12.8 Å². The van der Waals surface area contributed by atoms with Crippen molar-refractivity contribution in [3.05, 3.63) is 0 Å². The molecule has 8 heavy (non-hydrogen) atoms. The second-order valence-electron chi connectivity index (χ2n) is 2.23. The van der Waals surface area contributed by atoms with Gasteiger partial charge in [-0.1, -0.05) is 0 Å². The first-order valence-corrected chi connectivity index (χ1v) is 3.60. The van der Waals surface area contributed by atoms with E-state index in [0.29, 0.717) is 0 Å². The Kier molecular flexibility index (Phi) is 2.64. The van der Waals surface area contributed by atoms with Crippen LogP contribution < -0.4 is 0 Å². The molecule has 1 aliphatic rings. The largest absolute Gasteiger partial charge is 0.381 e.